The summed E-state index contributed by atoms with van der Waals surface area (Å²) in [6.07, 6.45) is 5.46. The number of benzene rings is 1. The van der Waals surface area contributed by atoms with Crippen LogP contribution in [0.3, 0.4) is 0 Å². The molecule has 0 spiro atoms. The van der Waals surface area contributed by atoms with Gasteiger partial charge in [0.2, 0.25) is 5.91 Å². The number of piperidine rings is 1. The number of nitrogens with one attached hydrogen (secondary N) is 1. The zero-order valence-corrected chi connectivity index (χ0v) is 12.0. The lowest BCUT2D eigenvalue weighted by atomic mass is 10.1. The van der Waals surface area contributed by atoms with Crippen LogP contribution >= 0.6 is 0 Å². The van der Waals surface area contributed by atoms with E-state index in [1.54, 1.807) is 12.4 Å². The zero-order valence-electron chi connectivity index (χ0n) is 12.0. The van der Waals surface area contributed by atoms with Crippen molar-refractivity contribution in [3.8, 4) is 0 Å². The van der Waals surface area contributed by atoms with Gasteiger partial charge in [0.25, 0.3) is 0 Å². The first kappa shape index (κ1) is 14.0. The van der Waals surface area contributed by atoms with Crippen LogP contribution in [0.1, 0.15) is 12.8 Å². The van der Waals surface area contributed by atoms with Crippen LogP contribution < -0.4 is 11.1 Å². The van der Waals surface area contributed by atoms with Crippen molar-refractivity contribution in [2.24, 2.45) is 5.73 Å². The summed E-state index contributed by atoms with van der Waals surface area (Å²) in [7, 11) is 0. The second kappa shape index (κ2) is 6.20. The summed E-state index contributed by atoms with van der Waals surface area (Å²) >= 11 is 0. The van der Waals surface area contributed by atoms with Crippen molar-refractivity contribution in [2.75, 3.05) is 25.0 Å². The van der Waals surface area contributed by atoms with Crippen LogP contribution in [0.25, 0.3) is 10.8 Å². The number of rotatable bonds is 3. The first-order valence-corrected chi connectivity index (χ1v) is 7.33. The fraction of sp³-hybridized carbons (Fsp3) is 0.375. The van der Waals surface area contributed by atoms with Crippen LogP contribution in [0.4, 0.5) is 5.69 Å². The van der Waals surface area contributed by atoms with Gasteiger partial charge >= 0.3 is 0 Å². The van der Waals surface area contributed by atoms with Crippen LogP contribution in [0, 0.1) is 0 Å². The average Bonchev–Trinajstić information content (AvgIpc) is 2.50. The van der Waals surface area contributed by atoms with Crippen molar-refractivity contribution in [3.63, 3.8) is 0 Å². The SMILES string of the molecule is NC1CCN(CC(=O)Nc2cccc3ccncc23)CC1. The van der Waals surface area contributed by atoms with Gasteiger partial charge in [-0.25, -0.2) is 0 Å². The molecule has 1 aliphatic heterocycles. The molecule has 3 N–H and O–H groups in total. The Morgan fingerprint density at radius 2 is 2.14 bits per heavy atom. The Labute approximate surface area is 124 Å². The number of hydrogen-bond donors (Lipinski definition) is 2. The van der Waals surface area contributed by atoms with Gasteiger partial charge in [-0.05, 0) is 30.4 Å². The highest BCUT2D eigenvalue weighted by Crippen LogP contribution is 2.22. The smallest absolute Gasteiger partial charge is 0.238 e. The van der Waals surface area contributed by atoms with Crippen molar-refractivity contribution in [1.82, 2.24) is 9.88 Å². The van der Waals surface area contributed by atoms with Crippen LogP contribution in [-0.4, -0.2) is 41.5 Å². The van der Waals surface area contributed by atoms with Crippen LogP contribution in [0.2, 0.25) is 0 Å². The number of hydrogen-bond acceptors (Lipinski definition) is 4. The van der Waals surface area contributed by atoms with Crippen molar-refractivity contribution < 1.29 is 4.79 Å². The molecule has 5 nitrogen and oxygen atoms in total. The second-order valence-corrected chi connectivity index (χ2v) is 5.56. The molecule has 21 heavy (non-hydrogen) atoms. The van der Waals surface area contributed by atoms with E-state index >= 15 is 0 Å². The van der Waals surface area contributed by atoms with Gasteiger partial charge in [-0.2, -0.15) is 0 Å². The fourth-order valence-corrected chi connectivity index (χ4v) is 2.73. The highest BCUT2D eigenvalue weighted by molar-refractivity contribution is 6.02. The lowest BCUT2D eigenvalue weighted by Crippen LogP contribution is -2.43. The highest BCUT2D eigenvalue weighted by Gasteiger charge is 2.18. The van der Waals surface area contributed by atoms with Crippen LogP contribution in [-0.2, 0) is 4.79 Å². The number of anilines is 1. The molecule has 2 aromatic rings. The van der Waals surface area contributed by atoms with E-state index in [-0.39, 0.29) is 11.9 Å². The zero-order chi connectivity index (χ0) is 14.7. The van der Waals surface area contributed by atoms with Crippen LogP contribution in [0.15, 0.2) is 36.7 Å². The van der Waals surface area contributed by atoms with Gasteiger partial charge in [0, 0.05) is 36.9 Å². The maximum atomic E-state index is 12.2. The van der Waals surface area contributed by atoms with Crippen molar-refractivity contribution in [3.05, 3.63) is 36.7 Å². The maximum absolute atomic E-state index is 12.2. The fourth-order valence-electron chi connectivity index (χ4n) is 2.73. The summed E-state index contributed by atoms with van der Waals surface area (Å²) in [6, 6.07) is 8.09. The number of pyridine rings is 1. The number of likely N-dealkylation sites (tertiary alicyclic amines) is 1. The Balaban J connectivity index is 1.66. The van der Waals surface area contributed by atoms with Gasteiger partial charge in [0.05, 0.1) is 12.2 Å². The number of amides is 1. The van der Waals surface area contributed by atoms with E-state index in [2.05, 4.69) is 15.2 Å². The second-order valence-electron chi connectivity index (χ2n) is 5.56. The number of carbonyl (C=O) groups excluding carboxylic acids is 1. The molecular formula is C16H20N4O. The first-order chi connectivity index (χ1) is 10.2. The molecule has 1 aromatic heterocycles. The third-order valence-corrected chi connectivity index (χ3v) is 3.96. The molecular weight excluding hydrogens is 264 g/mol. The lowest BCUT2D eigenvalue weighted by Gasteiger charge is -2.29. The normalized spacial score (nSPS) is 17.0. The summed E-state index contributed by atoms with van der Waals surface area (Å²) in [5.41, 5.74) is 6.70. The molecule has 1 saturated heterocycles. The Morgan fingerprint density at radius 1 is 1.33 bits per heavy atom. The minimum atomic E-state index is 0.0156. The number of carbonyl (C=O) groups is 1. The van der Waals surface area contributed by atoms with Gasteiger partial charge in [-0.1, -0.05) is 12.1 Å². The minimum Gasteiger partial charge on any atom is -0.328 e. The molecule has 2 heterocycles. The molecule has 0 atom stereocenters. The molecule has 5 heteroatoms. The lowest BCUT2D eigenvalue weighted by molar-refractivity contribution is -0.117. The standard InChI is InChI=1S/C16H20N4O/c17-13-5-8-20(9-6-13)11-16(21)19-15-3-1-2-12-4-7-18-10-14(12)15/h1-4,7,10,13H,5-6,8-9,11,17H2,(H,19,21). The van der Waals surface area contributed by atoms with E-state index in [1.807, 2.05) is 24.3 Å². The Bertz CT molecular complexity index is 630. The molecule has 0 unspecified atom stereocenters. The number of aromatic nitrogens is 1. The van der Waals surface area contributed by atoms with E-state index in [0.29, 0.717) is 6.54 Å². The molecule has 1 aromatic carbocycles. The number of nitrogens with two attached hydrogens (primary N) is 1. The molecule has 3 rings (SSSR count). The molecule has 1 amide bonds. The van der Waals surface area contributed by atoms with Crippen molar-refractivity contribution in [1.29, 1.82) is 0 Å². The van der Waals surface area contributed by atoms with Gasteiger partial charge in [0.15, 0.2) is 0 Å². The van der Waals surface area contributed by atoms with E-state index in [1.165, 1.54) is 0 Å². The summed E-state index contributed by atoms with van der Waals surface area (Å²) in [6.45, 7) is 2.21. The maximum Gasteiger partial charge on any atom is 0.238 e. The van der Waals surface area contributed by atoms with Crippen molar-refractivity contribution in [2.45, 2.75) is 18.9 Å². The largest absolute Gasteiger partial charge is 0.328 e. The minimum absolute atomic E-state index is 0.0156. The van der Waals surface area contributed by atoms with Gasteiger partial charge < -0.3 is 11.1 Å². The molecule has 110 valence electrons. The third kappa shape index (κ3) is 3.37. The molecule has 0 bridgehead atoms. The first-order valence-electron chi connectivity index (χ1n) is 7.33. The van der Waals surface area contributed by atoms with Gasteiger partial charge in [-0.3, -0.25) is 14.7 Å². The summed E-state index contributed by atoms with van der Waals surface area (Å²) in [4.78, 5) is 18.5. The molecule has 1 fully saturated rings. The molecule has 0 aliphatic carbocycles. The average molecular weight is 284 g/mol. The summed E-state index contributed by atoms with van der Waals surface area (Å²) < 4.78 is 0. The third-order valence-electron chi connectivity index (χ3n) is 3.96. The van der Waals surface area contributed by atoms with Crippen LogP contribution in [0.5, 0.6) is 0 Å². The Morgan fingerprint density at radius 3 is 2.95 bits per heavy atom. The predicted molar refractivity (Wildman–Crippen MR) is 84.0 cm³/mol. The Kier molecular flexibility index (Phi) is 4.13. The van der Waals surface area contributed by atoms with E-state index in [9.17, 15) is 4.79 Å². The molecule has 1 aliphatic rings. The van der Waals surface area contributed by atoms with Gasteiger partial charge in [0.1, 0.15) is 0 Å². The highest BCUT2D eigenvalue weighted by atomic mass is 16.2. The number of nitrogens with zero attached hydrogens (tertiary/aromatic N) is 2. The van der Waals surface area contributed by atoms with E-state index < -0.39 is 0 Å². The summed E-state index contributed by atoms with van der Waals surface area (Å²) in [5, 5.41) is 5.03. The topological polar surface area (TPSA) is 71.2 Å². The molecule has 0 radical (unpaired) electrons. The number of fused-ring (bicyclic) bond motifs is 1. The van der Waals surface area contributed by atoms with E-state index in [0.717, 1.165) is 42.4 Å². The quantitative estimate of drug-likeness (QED) is 0.898. The van der Waals surface area contributed by atoms with Crippen molar-refractivity contribution >= 4 is 22.4 Å². The summed E-state index contributed by atoms with van der Waals surface area (Å²) in [5.74, 6) is 0.0156. The molecule has 0 saturated carbocycles. The van der Waals surface area contributed by atoms with E-state index in [4.69, 9.17) is 5.73 Å². The predicted octanol–water partition coefficient (Wildman–Crippen LogP) is 1.60. The monoisotopic (exact) mass is 284 g/mol. The Hall–Kier alpha value is -1.98. The van der Waals surface area contributed by atoms with Gasteiger partial charge in [-0.15, -0.1) is 0 Å².